The smallest absolute Gasteiger partial charge is 0.266 e. The van der Waals surface area contributed by atoms with Crippen molar-refractivity contribution in [1.82, 2.24) is 4.98 Å². The molecule has 0 bridgehead atoms. The Labute approximate surface area is 177 Å². The summed E-state index contributed by atoms with van der Waals surface area (Å²) in [5.41, 5.74) is 2.25. The molecule has 1 N–H and O–H groups in total. The molecule has 2 aromatic heterocycles. The van der Waals surface area contributed by atoms with Crippen molar-refractivity contribution in [3.8, 4) is 11.5 Å². The number of hydrogen-bond acceptors (Lipinski definition) is 5. The Morgan fingerprint density at radius 2 is 2.03 bits per heavy atom. The van der Waals surface area contributed by atoms with Gasteiger partial charge in [-0.2, -0.15) is 0 Å². The fraction of sp³-hybridized carbons (Fsp3) is 0.130. The summed E-state index contributed by atoms with van der Waals surface area (Å²) in [5.74, 6) is 0.498. The van der Waals surface area contributed by atoms with Crippen molar-refractivity contribution in [2.75, 3.05) is 12.4 Å². The summed E-state index contributed by atoms with van der Waals surface area (Å²) in [7, 11) is 1.56. The van der Waals surface area contributed by atoms with Crippen LogP contribution >= 0.6 is 11.3 Å². The first-order valence-electron chi connectivity index (χ1n) is 9.25. The highest BCUT2D eigenvalue weighted by Crippen LogP contribution is 2.34. The zero-order valence-electron chi connectivity index (χ0n) is 16.4. The molecule has 5 nitrogen and oxygen atoms in total. The summed E-state index contributed by atoms with van der Waals surface area (Å²) in [6.07, 6.45) is 3.43. The fourth-order valence-electron chi connectivity index (χ4n) is 3.11. The van der Waals surface area contributed by atoms with Crippen LogP contribution in [0.25, 0.3) is 10.1 Å². The second-order valence-electron chi connectivity index (χ2n) is 6.67. The second kappa shape index (κ2) is 8.51. The lowest BCUT2D eigenvalue weighted by Gasteiger charge is -2.13. The minimum atomic E-state index is -0.319. The Morgan fingerprint density at radius 1 is 1.17 bits per heavy atom. The molecule has 0 unspecified atom stereocenters. The summed E-state index contributed by atoms with van der Waals surface area (Å²) >= 11 is 1.34. The van der Waals surface area contributed by atoms with E-state index in [1.807, 2.05) is 19.1 Å². The number of ether oxygens (including phenoxy) is 2. The van der Waals surface area contributed by atoms with E-state index in [-0.39, 0.29) is 11.7 Å². The van der Waals surface area contributed by atoms with Gasteiger partial charge >= 0.3 is 0 Å². The first-order valence-corrected chi connectivity index (χ1v) is 10.1. The van der Waals surface area contributed by atoms with E-state index in [9.17, 15) is 9.18 Å². The zero-order chi connectivity index (χ0) is 21.1. The minimum absolute atomic E-state index is 0.252. The Morgan fingerprint density at radius 3 is 2.80 bits per heavy atom. The largest absolute Gasteiger partial charge is 0.493 e. The van der Waals surface area contributed by atoms with E-state index in [0.29, 0.717) is 28.7 Å². The molecule has 4 aromatic rings. The summed E-state index contributed by atoms with van der Waals surface area (Å²) in [5, 5.41) is 3.64. The van der Waals surface area contributed by atoms with Crippen molar-refractivity contribution in [2.24, 2.45) is 0 Å². The number of nitrogens with zero attached hydrogens (tertiary/aromatic N) is 1. The molecule has 0 radical (unpaired) electrons. The molecule has 0 spiro atoms. The average Bonchev–Trinajstić information content (AvgIpc) is 3.09. The van der Waals surface area contributed by atoms with Gasteiger partial charge in [-0.1, -0.05) is 6.07 Å². The predicted octanol–water partition coefficient (Wildman–Crippen LogP) is 5.58. The van der Waals surface area contributed by atoms with Crippen LogP contribution in [0.1, 0.15) is 20.8 Å². The van der Waals surface area contributed by atoms with Crippen LogP contribution in [0.5, 0.6) is 11.5 Å². The van der Waals surface area contributed by atoms with Crippen molar-refractivity contribution in [1.29, 1.82) is 0 Å². The maximum absolute atomic E-state index is 13.6. The number of nitrogens with one attached hydrogen (secondary N) is 1. The minimum Gasteiger partial charge on any atom is -0.493 e. The normalized spacial score (nSPS) is 10.8. The van der Waals surface area contributed by atoms with E-state index in [4.69, 9.17) is 9.47 Å². The summed E-state index contributed by atoms with van der Waals surface area (Å²) in [4.78, 5) is 17.5. The molecule has 4 rings (SSSR count). The predicted molar refractivity (Wildman–Crippen MR) is 116 cm³/mol. The van der Waals surface area contributed by atoms with Crippen LogP contribution in [0.3, 0.4) is 0 Å². The van der Waals surface area contributed by atoms with Gasteiger partial charge in [0.1, 0.15) is 12.4 Å². The maximum Gasteiger partial charge on any atom is 0.266 e. The Bertz CT molecular complexity index is 1210. The monoisotopic (exact) mass is 422 g/mol. The molecule has 7 heteroatoms. The second-order valence-corrected chi connectivity index (χ2v) is 7.72. The number of anilines is 1. The van der Waals surface area contributed by atoms with Crippen molar-refractivity contribution >= 4 is 33.0 Å². The Hall–Kier alpha value is -3.45. The topological polar surface area (TPSA) is 60.5 Å². The van der Waals surface area contributed by atoms with Crippen LogP contribution < -0.4 is 14.8 Å². The molecular formula is C23H19FN2O3S. The highest BCUT2D eigenvalue weighted by Gasteiger charge is 2.17. The molecule has 0 saturated heterocycles. The number of rotatable bonds is 6. The van der Waals surface area contributed by atoms with Crippen LogP contribution in [-0.2, 0) is 6.61 Å². The van der Waals surface area contributed by atoms with Gasteiger partial charge in [-0.3, -0.25) is 9.78 Å². The molecule has 2 heterocycles. The number of thiophene rings is 1. The molecule has 152 valence electrons. The van der Waals surface area contributed by atoms with Gasteiger partial charge in [0.05, 0.1) is 12.0 Å². The SMILES string of the molecule is COc1ccc(NC(=O)c2sc3ccc(F)cc3c2C)cc1OCc1cccnc1. The fourth-order valence-corrected chi connectivity index (χ4v) is 4.19. The highest BCUT2D eigenvalue weighted by molar-refractivity contribution is 7.21. The van der Waals surface area contributed by atoms with Gasteiger partial charge in [0.25, 0.3) is 5.91 Å². The van der Waals surface area contributed by atoms with Gasteiger partial charge in [-0.25, -0.2) is 4.39 Å². The van der Waals surface area contributed by atoms with Gasteiger partial charge in [0, 0.05) is 34.4 Å². The van der Waals surface area contributed by atoms with Crippen molar-refractivity contribution in [2.45, 2.75) is 13.5 Å². The number of aryl methyl sites for hydroxylation is 1. The molecular weight excluding hydrogens is 403 g/mol. The van der Waals surface area contributed by atoms with Gasteiger partial charge in [-0.05, 0) is 54.3 Å². The van der Waals surface area contributed by atoms with Crippen LogP contribution in [0, 0.1) is 12.7 Å². The third-order valence-electron chi connectivity index (χ3n) is 4.64. The number of hydrogen-bond donors (Lipinski definition) is 1. The maximum atomic E-state index is 13.6. The lowest BCUT2D eigenvalue weighted by Crippen LogP contribution is -2.11. The van der Waals surface area contributed by atoms with Crippen molar-refractivity contribution in [3.05, 3.63) is 82.7 Å². The van der Waals surface area contributed by atoms with Crippen molar-refractivity contribution in [3.63, 3.8) is 0 Å². The quantitative estimate of drug-likeness (QED) is 0.440. The number of carbonyl (C=O) groups excluding carboxylic acids is 1. The van der Waals surface area contributed by atoms with Crippen LogP contribution in [-0.4, -0.2) is 18.0 Å². The lowest BCUT2D eigenvalue weighted by atomic mass is 10.1. The number of aromatic nitrogens is 1. The molecule has 0 aliphatic heterocycles. The number of carbonyl (C=O) groups is 1. The summed E-state index contributed by atoms with van der Waals surface area (Å²) in [6.45, 7) is 2.15. The molecule has 0 atom stereocenters. The average molecular weight is 422 g/mol. The number of pyridine rings is 1. The molecule has 0 aliphatic rings. The van der Waals surface area contributed by atoms with E-state index in [0.717, 1.165) is 21.2 Å². The summed E-state index contributed by atoms with van der Waals surface area (Å²) in [6, 6.07) is 13.5. The lowest BCUT2D eigenvalue weighted by molar-refractivity contribution is 0.103. The van der Waals surface area contributed by atoms with Crippen LogP contribution in [0.2, 0.25) is 0 Å². The first-order chi connectivity index (χ1) is 14.5. The summed E-state index contributed by atoms with van der Waals surface area (Å²) < 4.78 is 25.7. The van der Waals surface area contributed by atoms with E-state index < -0.39 is 0 Å². The molecule has 2 aromatic carbocycles. The highest BCUT2D eigenvalue weighted by atomic mass is 32.1. The molecule has 0 aliphatic carbocycles. The van der Waals surface area contributed by atoms with E-state index in [1.54, 1.807) is 43.8 Å². The number of amides is 1. The van der Waals surface area contributed by atoms with Crippen LogP contribution in [0.4, 0.5) is 10.1 Å². The Balaban J connectivity index is 1.55. The zero-order valence-corrected chi connectivity index (χ0v) is 17.3. The first kappa shape index (κ1) is 19.8. The number of methoxy groups -OCH3 is 1. The number of halogens is 1. The van der Waals surface area contributed by atoms with Gasteiger partial charge in [0.2, 0.25) is 0 Å². The molecule has 0 fully saturated rings. The van der Waals surface area contributed by atoms with E-state index in [1.165, 1.54) is 23.5 Å². The molecule has 1 amide bonds. The molecule has 30 heavy (non-hydrogen) atoms. The molecule has 0 saturated carbocycles. The Kier molecular flexibility index (Phi) is 5.63. The standard InChI is InChI=1S/C23H19FN2O3S/c1-14-18-10-16(24)5-8-21(18)30-22(14)23(27)26-17-6-7-19(28-2)20(11-17)29-13-15-4-3-9-25-12-15/h3-12H,13H2,1-2H3,(H,26,27). The van der Waals surface area contributed by atoms with Gasteiger partial charge < -0.3 is 14.8 Å². The number of fused-ring (bicyclic) bond motifs is 1. The van der Waals surface area contributed by atoms with Crippen LogP contribution in [0.15, 0.2) is 60.9 Å². The number of benzene rings is 2. The van der Waals surface area contributed by atoms with E-state index in [2.05, 4.69) is 10.3 Å². The third kappa shape index (κ3) is 4.11. The van der Waals surface area contributed by atoms with E-state index >= 15 is 0 Å². The third-order valence-corrected chi connectivity index (χ3v) is 5.91. The van der Waals surface area contributed by atoms with Gasteiger partial charge in [-0.15, -0.1) is 11.3 Å². The van der Waals surface area contributed by atoms with Gasteiger partial charge in [0.15, 0.2) is 11.5 Å². The van der Waals surface area contributed by atoms with Crippen molar-refractivity contribution < 1.29 is 18.7 Å².